The SMILES string of the molecule is Cn1nc(OCC2CCCCC2)c2ccc(Nc3n[nH]c4cccnc34)cc21. The van der Waals surface area contributed by atoms with Gasteiger partial charge in [0.1, 0.15) is 5.52 Å². The number of H-pyrrole nitrogens is 1. The lowest BCUT2D eigenvalue weighted by atomic mass is 9.90. The third-order valence-electron chi connectivity index (χ3n) is 5.58. The Kier molecular flexibility index (Phi) is 4.35. The minimum absolute atomic E-state index is 0.659. The van der Waals surface area contributed by atoms with E-state index >= 15 is 0 Å². The molecule has 0 radical (unpaired) electrons. The maximum absolute atomic E-state index is 6.10. The largest absolute Gasteiger partial charge is 0.476 e. The van der Waals surface area contributed by atoms with Gasteiger partial charge < -0.3 is 10.1 Å². The first-order valence-electron chi connectivity index (χ1n) is 9.93. The van der Waals surface area contributed by atoms with Crippen molar-refractivity contribution >= 4 is 33.4 Å². The summed E-state index contributed by atoms with van der Waals surface area (Å²) in [6.45, 7) is 0.761. The number of fused-ring (bicyclic) bond motifs is 2. The Morgan fingerprint density at radius 2 is 2.11 bits per heavy atom. The van der Waals surface area contributed by atoms with E-state index in [9.17, 15) is 0 Å². The number of ether oxygens (including phenoxy) is 1. The molecule has 1 saturated carbocycles. The summed E-state index contributed by atoms with van der Waals surface area (Å²) < 4.78 is 7.98. The highest BCUT2D eigenvalue weighted by molar-refractivity contribution is 5.91. The van der Waals surface area contributed by atoms with E-state index in [4.69, 9.17) is 4.74 Å². The molecule has 1 aromatic carbocycles. The third kappa shape index (κ3) is 3.17. The van der Waals surface area contributed by atoms with Crippen LogP contribution in [0.5, 0.6) is 5.88 Å². The van der Waals surface area contributed by atoms with E-state index in [0.29, 0.717) is 11.7 Å². The van der Waals surface area contributed by atoms with E-state index in [0.717, 1.165) is 40.1 Å². The molecule has 7 heteroatoms. The molecule has 144 valence electrons. The topological polar surface area (TPSA) is 80.6 Å². The first kappa shape index (κ1) is 17.0. The summed E-state index contributed by atoms with van der Waals surface area (Å²) in [5.74, 6) is 2.10. The van der Waals surface area contributed by atoms with E-state index in [1.165, 1.54) is 32.1 Å². The number of hydrogen-bond donors (Lipinski definition) is 2. The molecule has 0 amide bonds. The van der Waals surface area contributed by atoms with E-state index in [1.54, 1.807) is 6.20 Å². The first-order valence-corrected chi connectivity index (χ1v) is 9.93. The number of nitrogens with one attached hydrogen (secondary N) is 2. The Morgan fingerprint density at radius 1 is 1.21 bits per heavy atom. The van der Waals surface area contributed by atoms with Crippen LogP contribution < -0.4 is 10.1 Å². The number of aromatic amines is 1. The van der Waals surface area contributed by atoms with Crippen molar-refractivity contribution in [3.8, 4) is 5.88 Å². The molecule has 3 aromatic heterocycles. The Balaban J connectivity index is 1.38. The standard InChI is InChI=1S/C21H24N6O/c1-27-18-12-15(23-20-19-17(24-25-20)8-5-11-22-19)9-10-16(18)21(26-27)28-13-14-6-3-2-4-7-14/h5,8-12,14H,2-4,6-7,13H2,1H3,(H2,23,24,25). The zero-order valence-corrected chi connectivity index (χ0v) is 16.0. The fraction of sp³-hybridized carbons (Fsp3) is 0.381. The van der Waals surface area contributed by atoms with Gasteiger partial charge >= 0.3 is 0 Å². The van der Waals surface area contributed by atoms with Gasteiger partial charge in [0.2, 0.25) is 5.88 Å². The van der Waals surface area contributed by atoms with Crippen LogP contribution in [0.3, 0.4) is 0 Å². The second-order valence-electron chi connectivity index (χ2n) is 7.57. The maximum Gasteiger partial charge on any atom is 0.240 e. The van der Waals surface area contributed by atoms with Gasteiger partial charge in [-0.3, -0.25) is 14.8 Å². The van der Waals surface area contributed by atoms with Gasteiger partial charge in [0, 0.05) is 18.9 Å². The fourth-order valence-electron chi connectivity index (χ4n) is 4.04. The van der Waals surface area contributed by atoms with Crippen LogP contribution in [-0.2, 0) is 7.05 Å². The lowest BCUT2D eigenvalue weighted by Gasteiger charge is -2.20. The molecular formula is C21H24N6O. The number of anilines is 2. The van der Waals surface area contributed by atoms with Crippen LogP contribution in [0.15, 0.2) is 36.5 Å². The predicted molar refractivity (Wildman–Crippen MR) is 110 cm³/mol. The first-order chi connectivity index (χ1) is 13.8. The summed E-state index contributed by atoms with van der Waals surface area (Å²) in [5, 5.41) is 16.3. The highest BCUT2D eigenvalue weighted by atomic mass is 16.5. The van der Waals surface area contributed by atoms with Crippen molar-refractivity contribution in [2.75, 3.05) is 11.9 Å². The molecule has 28 heavy (non-hydrogen) atoms. The number of rotatable bonds is 5. The van der Waals surface area contributed by atoms with Crippen LogP contribution in [0.4, 0.5) is 11.5 Å². The van der Waals surface area contributed by atoms with Crippen LogP contribution >= 0.6 is 0 Å². The lowest BCUT2D eigenvalue weighted by molar-refractivity contribution is 0.203. The fourth-order valence-corrected chi connectivity index (χ4v) is 4.04. The van der Waals surface area contributed by atoms with E-state index < -0.39 is 0 Å². The number of nitrogens with zero attached hydrogens (tertiary/aromatic N) is 4. The Hall–Kier alpha value is -3.09. The van der Waals surface area contributed by atoms with Gasteiger partial charge in [-0.2, -0.15) is 5.10 Å². The zero-order valence-electron chi connectivity index (χ0n) is 16.0. The molecule has 1 aliphatic rings. The Bertz CT molecular complexity index is 1110. The van der Waals surface area contributed by atoms with Gasteiger partial charge in [-0.1, -0.05) is 19.3 Å². The van der Waals surface area contributed by atoms with Gasteiger partial charge in [-0.05, 0) is 49.1 Å². The minimum atomic E-state index is 0.659. The van der Waals surface area contributed by atoms with Gasteiger partial charge in [0.05, 0.1) is 23.0 Å². The van der Waals surface area contributed by atoms with Crippen LogP contribution in [-0.4, -0.2) is 31.6 Å². The molecule has 0 spiro atoms. The molecule has 0 aliphatic heterocycles. The van der Waals surface area contributed by atoms with Crippen LogP contribution in [0.1, 0.15) is 32.1 Å². The van der Waals surface area contributed by atoms with E-state index in [-0.39, 0.29) is 0 Å². The monoisotopic (exact) mass is 376 g/mol. The van der Waals surface area contributed by atoms with Crippen LogP contribution in [0.2, 0.25) is 0 Å². The molecule has 5 rings (SSSR count). The number of aromatic nitrogens is 5. The number of pyridine rings is 1. The smallest absolute Gasteiger partial charge is 0.240 e. The second-order valence-corrected chi connectivity index (χ2v) is 7.57. The summed E-state index contributed by atoms with van der Waals surface area (Å²) in [4.78, 5) is 4.40. The molecule has 0 saturated heterocycles. The number of aryl methyl sites for hydroxylation is 1. The highest BCUT2D eigenvalue weighted by Crippen LogP contribution is 2.31. The van der Waals surface area contributed by atoms with Gasteiger partial charge in [-0.25, -0.2) is 0 Å². The molecule has 0 atom stereocenters. The predicted octanol–water partition coefficient (Wildman–Crippen LogP) is 4.55. The van der Waals surface area contributed by atoms with Crippen LogP contribution in [0.25, 0.3) is 21.9 Å². The minimum Gasteiger partial charge on any atom is -0.476 e. The highest BCUT2D eigenvalue weighted by Gasteiger charge is 2.17. The molecule has 4 aromatic rings. The molecule has 1 aliphatic carbocycles. The third-order valence-corrected chi connectivity index (χ3v) is 5.58. The number of benzene rings is 1. The van der Waals surface area contributed by atoms with Gasteiger partial charge in [0.25, 0.3) is 0 Å². The van der Waals surface area contributed by atoms with Gasteiger partial charge in [0.15, 0.2) is 5.82 Å². The molecule has 0 unspecified atom stereocenters. The van der Waals surface area contributed by atoms with Gasteiger partial charge in [-0.15, -0.1) is 5.10 Å². The summed E-state index contributed by atoms with van der Waals surface area (Å²) in [6, 6.07) is 10.0. The van der Waals surface area contributed by atoms with Crippen molar-refractivity contribution in [2.24, 2.45) is 13.0 Å². The zero-order chi connectivity index (χ0) is 18.9. The van der Waals surface area contributed by atoms with Crippen molar-refractivity contribution in [1.29, 1.82) is 0 Å². The summed E-state index contributed by atoms with van der Waals surface area (Å²) in [7, 11) is 1.95. The Labute approximate surface area is 163 Å². The molecule has 3 heterocycles. The molecular weight excluding hydrogens is 352 g/mol. The normalized spacial score (nSPS) is 15.3. The van der Waals surface area contributed by atoms with E-state index in [1.807, 2.05) is 29.9 Å². The van der Waals surface area contributed by atoms with Crippen molar-refractivity contribution in [3.05, 3.63) is 36.5 Å². The molecule has 1 fully saturated rings. The molecule has 2 N–H and O–H groups in total. The number of hydrogen-bond acceptors (Lipinski definition) is 5. The quantitative estimate of drug-likeness (QED) is 0.534. The average Bonchev–Trinajstić information content (AvgIpc) is 3.28. The Morgan fingerprint density at radius 3 is 3.00 bits per heavy atom. The summed E-state index contributed by atoms with van der Waals surface area (Å²) in [5.41, 5.74) is 3.69. The van der Waals surface area contributed by atoms with Crippen LogP contribution in [0, 0.1) is 5.92 Å². The van der Waals surface area contributed by atoms with Crippen molar-refractivity contribution in [2.45, 2.75) is 32.1 Å². The summed E-state index contributed by atoms with van der Waals surface area (Å²) >= 11 is 0. The second kappa shape index (κ2) is 7.14. The van der Waals surface area contributed by atoms with E-state index in [2.05, 4.69) is 37.7 Å². The van der Waals surface area contributed by atoms with Crippen molar-refractivity contribution in [1.82, 2.24) is 25.0 Å². The molecule has 7 nitrogen and oxygen atoms in total. The van der Waals surface area contributed by atoms with Crippen molar-refractivity contribution < 1.29 is 4.74 Å². The lowest BCUT2D eigenvalue weighted by Crippen LogP contribution is -2.15. The molecule has 0 bridgehead atoms. The average molecular weight is 376 g/mol. The maximum atomic E-state index is 6.10. The van der Waals surface area contributed by atoms with Crippen molar-refractivity contribution in [3.63, 3.8) is 0 Å². The summed E-state index contributed by atoms with van der Waals surface area (Å²) in [6.07, 6.45) is 8.31.